The summed E-state index contributed by atoms with van der Waals surface area (Å²) in [5.41, 5.74) is 2.80. The minimum atomic E-state index is 0.00449. The number of para-hydroxylation sites is 1. The fraction of sp³-hybridized carbons (Fsp3) is 0.581. The zero-order chi connectivity index (χ0) is 24.8. The van der Waals surface area contributed by atoms with Gasteiger partial charge in [-0.25, -0.2) is 4.79 Å². The predicted molar refractivity (Wildman–Crippen MR) is 146 cm³/mol. The van der Waals surface area contributed by atoms with Gasteiger partial charge in [-0.1, -0.05) is 48.5 Å². The van der Waals surface area contributed by atoms with E-state index in [1.807, 2.05) is 0 Å². The normalized spacial score (nSPS) is 29.5. The van der Waals surface area contributed by atoms with E-state index in [2.05, 4.69) is 94.4 Å². The summed E-state index contributed by atoms with van der Waals surface area (Å²) in [4.78, 5) is 23.6. The number of hydrogen-bond donors (Lipinski definition) is 0. The van der Waals surface area contributed by atoms with E-state index in [1.54, 1.807) is 0 Å². The van der Waals surface area contributed by atoms with Crippen LogP contribution in [0.15, 0.2) is 60.7 Å². The molecule has 5 nitrogen and oxygen atoms in total. The van der Waals surface area contributed by atoms with Gasteiger partial charge in [0.2, 0.25) is 0 Å². The van der Waals surface area contributed by atoms with Gasteiger partial charge >= 0.3 is 6.03 Å². The fourth-order valence-corrected chi connectivity index (χ4v) is 7.32. The lowest BCUT2D eigenvalue weighted by Gasteiger charge is -2.51. The van der Waals surface area contributed by atoms with Gasteiger partial charge in [-0.05, 0) is 89.1 Å². The minimum Gasteiger partial charge on any atom is -0.371 e. The molecule has 36 heavy (non-hydrogen) atoms. The average Bonchev–Trinajstić information content (AvgIpc) is 3.72. The smallest absolute Gasteiger partial charge is 0.320 e. The molecule has 5 heteroatoms. The highest BCUT2D eigenvalue weighted by molar-refractivity contribution is 5.79. The molecule has 0 bridgehead atoms. The van der Waals surface area contributed by atoms with Crippen molar-refractivity contribution < 1.29 is 4.79 Å². The maximum Gasteiger partial charge on any atom is 0.320 e. The molecule has 2 amide bonds. The van der Waals surface area contributed by atoms with Gasteiger partial charge in [0.1, 0.15) is 0 Å². The highest BCUT2D eigenvalue weighted by Crippen LogP contribution is 2.50. The van der Waals surface area contributed by atoms with Crippen LogP contribution in [0.2, 0.25) is 0 Å². The monoisotopic (exact) mass is 486 g/mol. The number of hydrogen-bond acceptors (Lipinski definition) is 3. The molecular formula is C31H42N4O. The summed E-state index contributed by atoms with van der Waals surface area (Å²) < 4.78 is 0. The number of piperidine rings is 1. The van der Waals surface area contributed by atoms with Crippen molar-refractivity contribution in [3.63, 3.8) is 0 Å². The zero-order valence-corrected chi connectivity index (χ0v) is 22.1. The van der Waals surface area contributed by atoms with Gasteiger partial charge < -0.3 is 14.7 Å². The van der Waals surface area contributed by atoms with Crippen molar-refractivity contribution >= 4 is 11.7 Å². The van der Waals surface area contributed by atoms with E-state index in [4.69, 9.17) is 0 Å². The summed E-state index contributed by atoms with van der Waals surface area (Å²) in [7, 11) is 4.47. The highest BCUT2D eigenvalue weighted by Gasteiger charge is 2.56. The Morgan fingerprint density at radius 2 is 1.44 bits per heavy atom. The SMILES string of the molecule is CN(C)[C@]1(c2ccccc2)CC[C@]2(CC1)CN(C1CCN(c3ccccc3)CC1)C(=O)N2CC1CC1. The van der Waals surface area contributed by atoms with Crippen LogP contribution in [0.1, 0.15) is 56.9 Å². The van der Waals surface area contributed by atoms with Crippen molar-refractivity contribution in [2.45, 2.75) is 68.5 Å². The van der Waals surface area contributed by atoms with Crippen LogP contribution in [0.3, 0.4) is 0 Å². The molecule has 0 radical (unpaired) electrons. The first-order valence-electron chi connectivity index (χ1n) is 14.1. The quantitative estimate of drug-likeness (QED) is 0.534. The summed E-state index contributed by atoms with van der Waals surface area (Å²) in [6.07, 6.45) is 9.13. The third kappa shape index (κ3) is 4.19. The molecule has 2 aliphatic carbocycles. The van der Waals surface area contributed by atoms with Crippen molar-refractivity contribution in [1.82, 2.24) is 14.7 Å². The van der Waals surface area contributed by atoms with Crippen LogP contribution < -0.4 is 4.90 Å². The number of nitrogens with zero attached hydrogens (tertiary/aromatic N) is 4. The number of amides is 2. The molecule has 2 aliphatic heterocycles. The molecule has 0 unspecified atom stereocenters. The molecule has 6 rings (SSSR count). The molecule has 2 saturated carbocycles. The van der Waals surface area contributed by atoms with E-state index in [0.717, 1.165) is 70.6 Å². The van der Waals surface area contributed by atoms with Gasteiger partial charge in [0, 0.05) is 43.4 Å². The Morgan fingerprint density at radius 1 is 0.833 bits per heavy atom. The maximum atomic E-state index is 14.0. The van der Waals surface area contributed by atoms with E-state index in [1.165, 1.54) is 24.1 Å². The first-order valence-corrected chi connectivity index (χ1v) is 14.1. The Labute approximate surface area is 217 Å². The van der Waals surface area contributed by atoms with Gasteiger partial charge in [-0.3, -0.25) is 4.90 Å². The van der Waals surface area contributed by atoms with Crippen molar-refractivity contribution in [3.8, 4) is 0 Å². The van der Waals surface area contributed by atoms with Crippen LogP contribution in [-0.4, -0.2) is 72.6 Å². The molecule has 0 aromatic heterocycles. The lowest BCUT2D eigenvalue weighted by molar-refractivity contribution is 0.0226. The van der Waals surface area contributed by atoms with Gasteiger partial charge in [-0.2, -0.15) is 0 Å². The van der Waals surface area contributed by atoms with E-state index in [-0.39, 0.29) is 11.1 Å². The Bertz CT molecular complexity index is 1030. The summed E-state index contributed by atoms with van der Waals surface area (Å²) in [6.45, 7) is 3.96. The molecule has 192 valence electrons. The number of carbonyl (C=O) groups is 1. The second-order valence-corrected chi connectivity index (χ2v) is 12.0. The van der Waals surface area contributed by atoms with Crippen molar-refractivity contribution in [2.24, 2.45) is 5.92 Å². The first-order chi connectivity index (χ1) is 17.5. The Balaban J connectivity index is 1.20. The van der Waals surface area contributed by atoms with Crippen molar-refractivity contribution in [1.29, 1.82) is 0 Å². The van der Waals surface area contributed by atoms with E-state index >= 15 is 0 Å². The van der Waals surface area contributed by atoms with Gasteiger partial charge in [0.25, 0.3) is 0 Å². The van der Waals surface area contributed by atoms with Crippen LogP contribution in [0.5, 0.6) is 0 Å². The molecule has 1 spiro atoms. The largest absolute Gasteiger partial charge is 0.371 e. The number of rotatable bonds is 6. The van der Waals surface area contributed by atoms with Crippen LogP contribution in [-0.2, 0) is 5.54 Å². The molecule has 0 atom stereocenters. The third-order valence-corrected chi connectivity index (χ3v) is 9.85. The molecule has 4 aliphatic rings. The van der Waals surface area contributed by atoms with E-state index in [9.17, 15) is 4.79 Å². The highest BCUT2D eigenvalue weighted by atomic mass is 16.2. The Morgan fingerprint density at radius 3 is 2.03 bits per heavy atom. The Kier molecular flexibility index (Phi) is 6.23. The van der Waals surface area contributed by atoms with Crippen LogP contribution in [0.25, 0.3) is 0 Å². The molecule has 4 fully saturated rings. The summed E-state index contributed by atoms with van der Waals surface area (Å²) >= 11 is 0. The second kappa shape index (κ2) is 9.41. The number of carbonyl (C=O) groups excluding carboxylic acids is 1. The van der Waals surface area contributed by atoms with E-state index < -0.39 is 0 Å². The third-order valence-electron chi connectivity index (χ3n) is 9.85. The maximum absolute atomic E-state index is 14.0. The lowest BCUT2D eigenvalue weighted by Crippen LogP contribution is -2.55. The Hall–Kier alpha value is -2.53. The summed E-state index contributed by atoms with van der Waals surface area (Å²) in [5.74, 6) is 0.723. The molecule has 2 saturated heterocycles. The molecule has 0 N–H and O–H groups in total. The molecule has 2 heterocycles. The lowest BCUT2D eigenvalue weighted by atomic mass is 9.68. The average molecular weight is 487 g/mol. The minimum absolute atomic E-state index is 0.00449. The van der Waals surface area contributed by atoms with Crippen molar-refractivity contribution in [3.05, 3.63) is 66.2 Å². The predicted octanol–water partition coefficient (Wildman–Crippen LogP) is 5.57. The van der Waals surface area contributed by atoms with Gasteiger partial charge in [-0.15, -0.1) is 0 Å². The van der Waals surface area contributed by atoms with Crippen LogP contribution >= 0.6 is 0 Å². The van der Waals surface area contributed by atoms with Crippen LogP contribution in [0.4, 0.5) is 10.5 Å². The number of urea groups is 1. The fourth-order valence-electron chi connectivity index (χ4n) is 7.32. The van der Waals surface area contributed by atoms with E-state index in [0.29, 0.717) is 12.1 Å². The standard InChI is InChI=1S/C31H42N4O/c1-32(2)31(26-9-5-3-6-10-26)19-17-30(18-20-31)24-34(29(36)35(30)23-25-13-14-25)28-15-21-33(22-16-28)27-11-7-4-8-12-27/h3-12,25,28H,13-24H2,1-2H3/t30-,31+. The summed E-state index contributed by atoms with van der Waals surface area (Å²) in [6, 6.07) is 22.5. The number of anilines is 1. The summed E-state index contributed by atoms with van der Waals surface area (Å²) in [5, 5.41) is 0. The zero-order valence-electron chi connectivity index (χ0n) is 22.1. The number of benzene rings is 2. The molecule has 2 aromatic carbocycles. The van der Waals surface area contributed by atoms with Gasteiger partial charge in [0.05, 0.1) is 5.54 Å². The van der Waals surface area contributed by atoms with Crippen LogP contribution in [0, 0.1) is 5.92 Å². The van der Waals surface area contributed by atoms with Crippen molar-refractivity contribution in [2.75, 3.05) is 45.2 Å². The molecule has 2 aromatic rings. The van der Waals surface area contributed by atoms with Gasteiger partial charge in [0.15, 0.2) is 0 Å². The topological polar surface area (TPSA) is 30.0 Å². The second-order valence-electron chi connectivity index (χ2n) is 12.0. The first kappa shape index (κ1) is 23.8. The molecular weight excluding hydrogens is 444 g/mol.